The number of hydrogen-bond acceptors (Lipinski definition) is 6. The molecule has 0 spiro atoms. The number of aliphatic imine (C=N–C) groups is 1. The summed E-state index contributed by atoms with van der Waals surface area (Å²) in [6, 6.07) is 0. The van der Waals surface area contributed by atoms with Gasteiger partial charge in [-0.2, -0.15) is 4.99 Å². The van der Waals surface area contributed by atoms with Crippen molar-refractivity contribution in [3.63, 3.8) is 0 Å². The Bertz CT molecular complexity index is 596. The number of hydrogen-bond donors (Lipinski definition) is 3. The first kappa shape index (κ1) is 17.4. The second kappa shape index (κ2) is 6.81. The van der Waals surface area contributed by atoms with Gasteiger partial charge in [0.15, 0.2) is 5.25 Å². The van der Waals surface area contributed by atoms with E-state index in [9.17, 15) is 14.7 Å². The van der Waals surface area contributed by atoms with Gasteiger partial charge in [0.25, 0.3) is 5.24 Å². The summed E-state index contributed by atoms with van der Waals surface area (Å²) in [4.78, 5) is 30.0. The molecule has 0 aliphatic carbocycles. The van der Waals surface area contributed by atoms with Crippen LogP contribution in [0.25, 0.3) is 0 Å². The Morgan fingerprint density at radius 1 is 1.50 bits per heavy atom. The average Bonchev–Trinajstić information content (AvgIpc) is 3.08. The molecule has 0 bridgehead atoms. The molecule has 0 aromatic carbocycles. The Morgan fingerprint density at radius 3 is 2.92 bits per heavy atom. The highest BCUT2D eigenvalue weighted by atomic mass is 32.2. The minimum Gasteiger partial charge on any atom is -0.390 e. The third-order valence-electron chi connectivity index (χ3n) is 4.62. The predicted molar refractivity (Wildman–Crippen MR) is 89.9 cm³/mol. The van der Waals surface area contributed by atoms with Gasteiger partial charge in [-0.25, -0.2) is 0 Å². The number of amides is 2. The second-order valence-corrected chi connectivity index (χ2v) is 7.32. The summed E-state index contributed by atoms with van der Waals surface area (Å²) < 4.78 is 6.01. The number of nitrogens with zero attached hydrogens (tertiary/aromatic N) is 2. The van der Waals surface area contributed by atoms with Crippen LogP contribution in [0.15, 0.2) is 4.99 Å². The number of carbonyl (C=O) groups excluding carboxylic acids is 2. The molecule has 2 saturated heterocycles. The van der Waals surface area contributed by atoms with Gasteiger partial charge in [-0.1, -0.05) is 20.3 Å². The highest BCUT2D eigenvalue weighted by Gasteiger charge is 2.52. The van der Waals surface area contributed by atoms with Crippen molar-refractivity contribution in [2.24, 2.45) is 10.9 Å². The van der Waals surface area contributed by atoms with Gasteiger partial charge in [0, 0.05) is 5.92 Å². The topological polar surface area (TPSA) is 115 Å². The molecule has 3 N–H and O–H groups in total. The van der Waals surface area contributed by atoms with Crippen molar-refractivity contribution in [3.8, 4) is 0 Å². The van der Waals surface area contributed by atoms with E-state index in [1.807, 2.05) is 6.92 Å². The average molecular weight is 354 g/mol. The summed E-state index contributed by atoms with van der Waals surface area (Å²) in [5.74, 6) is -0.314. The Morgan fingerprint density at radius 2 is 2.25 bits per heavy atom. The molecular weight excluding hydrogens is 332 g/mol. The van der Waals surface area contributed by atoms with E-state index in [1.54, 1.807) is 0 Å². The van der Waals surface area contributed by atoms with E-state index in [4.69, 9.17) is 10.1 Å². The van der Waals surface area contributed by atoms with Crippen LogP contribution in [0, 0.1) is 11.3 Å². The summed E-state index contributed by atoms with van der Waals surface area (Å²) in [7, 11) is 0. The first-order valence-electron chi connectivity index (χ1n) is 8.27. The third-order valence-corrected chi connectivity index (χ3v) is 5.68. The number of amidine groups is 1. The quantitative estimate of drug-likeness (QED) is 0.688. The largest absolute Gasteiger partial charge is 0.390 e. The van der Waals surface area contributed by atoms with E-state index >= 15 is 0 Å². The van der Waals surface area contributed by atoms with Crippen LogP contribution in [0.3, 0.4) is 0 Å². The number of aliphatic hydroxyl groups excluding tert-OH is 1. The smallest absolute Gasteiger partial charge is 0.290 e. The molecule has 2 fully saturated rings. The summed E-state index contributed by atoms with van der Waals surface area (Å²) in [6.45, 7) is 3.95. The highest BCUT2D eigenvalue weighted by Crippen LogP contribution is 2.40. The van der Waals surface area contributed by atoms with Crippen LogP contribution in [0.4, 0.5) is 4.79 Å². The van der Waals surface area contributed by atoms with Crippen LogP contribution >= 0.6 is 11.8 Å². The first-order chi connectivity index (χ1) is 11.5. The van der Waals surface area contributed by atoms with E-state index in [1.165, 1.54) is 4.90 Å². The van der Waals surface area contributed by atoms with Crippen molar-refractivity contribution in [2.45, 2.75) is 63.2 Å². The number of carbonyl (C=O) groups is 2. The van der Waals surface area contributed by atoms with Crippen molar-refractivity contribution in [3.05, 3.63) is 0 Å². The summed E-state index contributed by atoms with van der Waals surface area (Å²) in [6.07, 6.45) is 1.59. The van der Waals surface area contributed by atoms with E-state index < -0.39 is 23.5 Å². The van der Waals surface area contributed by atoms with Gasteiger partial charge in [-0.05, 0) is 31.0 Å². The predicted octanol–water partition coefficient (Wildman–Crippen LogP) is 1.29. The van der Waals surface area contributed by atoms with Crippen molar-refractivity contribution in [2.75, 3.05) is 0 Å². The lowest BCUT2D eigenvalue weighted by molar-refractivity contribution is -0.118. The van der Waals surface area contributed by atoms with Gasteiger partial charge in [-0.15, -0.1) is 0 Å². The van der Waals surface area contributed by atoms with Gasteiger partial charge < -0.3 is 9.84 Å². The third kappa shape index (κ3) is 2.96. The number of guanidine groups is 1. The van der Waals surface area contributed by atoms with Crippen LogP contribution in [0.5, 0.6) is 0 Å². The van der Waals surface area contributed by atoms with Crippen LogP contribution in [0.1, 0.15) is 39.5 Å². The van der Waals surface area contributed by atoms with Crippen LogP contribution < -0.4 is 5.32 Å². The van der Waals surface area contributed by atoms with Crippen LogP contribution in [-0.4, -0.2) is 56.6 Å². The molecule has 2 amide bonds. The molecule has 0 aromatic heterocycles. The van der Waals surface area contributed by atoms with Crippen LogP contribution in [0.2, 0.25) is 0 Å². The minimum absolute atomic E-state index is 0.0753. The number of ether oxygens (including phenoxy) is 1. The lowest BCUT2D eigenvalue weighted by Gasteiger charge is -2.30. The number of rotatable bonds is 5. The van der Waals surface area contributed by atoms with Gasteiger partial charge in [0.2, 0.25) is 11.9 Å². The fourth-order valence-electron chi connectivity index (χ4n) is 3.45. The molecular formula is C15H22N4O4S. The lowest BCUT2D eigenvalue weighted by Crippen LogP contribution is -2.51. The zero-order chi connectivity index (χ0) is 17.4. The molecule has 0 radical (unpaired) electrons. The van der Waals surface area contributed by atoms with E-state index in [2.05, 4.69) is 17.2 Å². The van der Waals surface area contributed by atoms with E-state index in [0.717, 1.165) is 24.6 Å². The van der Waals surface area contributed by atoms with Gasteiger partial charge >= 0.3 is 0 Å². The SMILES string of the molecule is CCC[C@@H]1C[C@@H]([C@H](O)CC)O[C@H]1N1C(=O)SC2C(=O)NC(=N)N=C21. The number of fused-ring (bicyclic) bond motifs is 1. The fraction of sp³-hybridized carbons (Fsp3) is 0.733. The Hall–Kier alpha value is -1.45. The normalized spacial score (nSPS) is 34.2. The van der Waals surface area contributed by atoms with Gasteiger partial charge in [-0.3, -0.25) is 25.2 Å². The van der Waals surface area contributed by atoms with Crippen LogP contribution in [-0.2, 0) is 9.53 Å². The van der Waals surface area contributed by atoms with Gasteiger partial charge in [0.05, 0.1) is 12.2 Å². The summed E-state index contributed by atoms with van der Waals surface area (Å²) in [5.41, 5.74) is 0. The molecule has 3 aliphatic heterocycles. The summed E-state index contributed by atoms with van der Waals surface area (Å²) >= 11 is 0.895. The standard InChI is InChI=1S/C15H22N4O4S/c1-3-5-7-6-9(8(20)4-2)23-13(7)19-11-10(24-15(19)22)12(21)18-14(16)17-11/h7-10,13,20H,3-6H2,1-2H3,(H2,16,18,21)/t7-,8-,9+,10?,13-/m1/s1. The molecule has 1 unspecified atom stereocenters. The molecule has 3 rings (SSSR count). The van der Waals surface area contributed by atoms with Crippen molar-refractivity contribution in [1.82, 2.24) is 10.2 Å². The van der Waals surface area contributed by atoms with E-state index in [0.29, 0.717) is 12.8 Å². The Kier molecular flexibility index (Phi) is 4.93. The van der Waals surface area contributed by atoms with Crippen molar-refractivity contribution in [1.29, 1.82) is 5.41 Å². The maximum atomic E-state index is 12.5. The Labute approximate surface area is 144 Å². The number of nitrogens with one attached hydrogen (secondary N) is 2. The van der Waals surface area contributed by atoms with E-state index in [-0.39, 0.29) is 29.1 Å². The maximum Gasteiger partial charge on any atom is 0.290 e. The zero-order valence-electron chi connectivity index (χ0n) is 13.7. The summed E-state index contributed by atoms with van der Waals surface area (Å²) in [5, 5.41) is 19.1. The molecule has 5 atom stereocenters. The van der Waals surface area contributed by atoms with Crippen molar-refractivity contribution < 1.29 is 19.4 Å². The maximum absolute atomic E-state index is 12.5. The Balaban J connectivity index is 1.89. The minimum atomic E-state index is -0.729. The fourth-order valence-corrected chi connectivity index (χ4v) is 4.40. The van der Waals surface area contributed by atoms with Crippen molar-refractivity contribution >= 4 is 34.7 Å². The highest BCUT2D eigenvalue weighted by molar-refractivity contribution is 8.16. The number of thioether (sulfide) groups is 1. The number of aliphatic hydroxyl groups is 1. The second-order valence-electron chi connectivity index (χ2n) is 6.27. The molecule has 3 aliphatic rings. The molecule has 3 heterocycles. The molecule has 0 saturated carbocycles. The lowest BCUT2D eigenvalue weighted by atomic mass is 9.95. The van der Waals surface area contributed by atoms with Gasteiger partial charge in [0.1, 0.15) is 12.1 Å². The molecule has 132 valence electrons. The molecule has 8 nitrogen and oxygen atoms in total. The molecule has 9 heteroatoms. The monoisotopic (exact) mass is 354 g/mol. The first-order valence-corrected chi connectivity index (χ1v) is 9.15. The molecule has 0 aromatic rings. The molecule has 24 heavy (non-hydrogen) atoms. The zero-order valence-corrected chi connectivity index (χ0v) is 14.5.